The molecular weight excluding hydrogens is 358 g/mol. The minimum absolute atomic E-state index is 0.0613. The van der Waals surface area contributed by atoms with Crippen LogP contribution >= 0.6 is 0 Å². The predicted molar refractivity (Wildman–Crippen MR) is 104 cm³/mol. The molecule has 3 rings (SSSR count). The van der Waals surface area contributed by atoms with Crippen LogP contribution in [0.4, 0.5) is 0 Å². The highest BCUT2D eigenvalue weighted by molar-refractivity contribution is 5.97. The molecule has 7 heteroatoms. The van der Waals surface area contributed by atoms with Gasteiger partial charge in [-0.3, -0.25) is 14.4 Å². The zero-order valence-electron chi connectivity index (χ0n) is 15.8. The molecule has 1 N–H and O–H groups in total. The average molecular weight is 381 g/mol. The number of para-hydroxylation sites is 1. The molecule has 1 saturated heterocycles. The second kappa shape index (κ2) is 9.03. The van der Waals surface area contributed by atoms with Crippen molar-refractivity contribution in [1.82, 2.24) is 15.1 Å². The molecule has 0 spiro atoms. The lowest BCUT2D eigenvalue weighted by molar-refractivity contribution is -0.131. The molecule has 0 radical (unpaired) electrons. The maximum atomic E-state index is 12.7. The van der Waals surface area contributed by atoms with Gasteiger partial charge in [-0.15, -0.1) is 0 Å². The Morgan fingerprint density at radius 1 is 0.893 bits per heavy atom. The molecule has 1 aliphatic heterocycles. The summed E-state index contributed by atoms with van der Waals surface area (Å²) in [5, 5.41) is 2.64. The minimum Gasteiger partial charge on any atom is -0.496 e. The fourth-order valence-corrected chi connectivity index (χ4v) is 3.11. The lowest BCUT2D eigenvalue weighted by Gasteiger charge is -2.35. The second-order valence-electron chi connectivity index (χ2n) is 6.42. The Bertz CT molecular complexity index is 846. The van der Waals surface area contributed by atoms with E-state index in [1.807, 2.05) is 12.1 Å². The summed E-state index contributed by atoms with van der Waals surface area (Å²) < 4.78 is 5.26. The zero-order valence-corrected chi connectivity index (χ0v) is 15.8. The van der Waals surface area contributed by atoms with Crippen LogP contribution < -0.4 is 10.1 Å². The Labute approximate surface area is 163 Å². The van der Waals surface area contributed by atoms with Gasteiger partial charge in [-0.1, -0.05) is 30.3 Å². The Morgan fingerprint density at radius 3 is 2.18 bits per heavy atom. The largest absolute Gasteiger partial charge is 0.496 e. The van der Waals surface area contributed by atoms with E-state index in [1.54, 1.807) is 52.3 Å². The molecule has 7 nitrogen and oxygen atoms in total. The van der Waals surface area contributed by atoms with Crippen LogP contribution in [-0.2, 0) is 4.79 Å². The van der Waals surface area contributed by atoms with Crippen LogP contribution in [0.5, 0.6) is 5.75 Å². The lowest BCUT2D eigenvalue weighted by Crippen LogP contribution is -2.52. The van der Waals surface area contributed by atoms with Crippen molar-refractivity contribution in [2.75, 3.05) is 39.8 Å². The van der Waals surface area contributed by atoms with Crippen molar-refractivity contribution in [3.8, 4) is 5.75 Å². The molecule has 2 aromatic rings. The van der Waals surface area contributed by atoms with Gasteiger partial charge >= 0.3 is 0 Å². The summed E-state index contributed by atoms with van der Waals surface area (Å²) in [5.41, 5.74) is 1.03. The number of benzene rings is 2. The van der Waals surface area contributed by atoms with E-state index in [4.69, 9.17) is 4.74 Å². The fourth-order valence-electron chi connectivity index (χ4n) is 3.11. The molecule has 0 aliphatic carbocycles. The van der Waals surface area contributed by atoms with Gasteiger partial charge < -0.3 is 19.9 Å². The van der Waals surface area contributed by atoms with Crippen molar-refractivity contribution in [1.29, 1.82) is 0 Å². The van der Waals surface area contributed by atoms with Gasteiger partial charge in [0.2, 0.25) is 5.91 Å². The number of methoxy groups -OCH3 is 1. The van der Waals surface area contributed by atoms with E-state index in [9.17, 15) is 14.4 Å². The summed E-state index contributed by atoms with van der Waals surface area (Å²) in [5.74, 6) is -0.0100. The third kappa shape index (κ3) is 4.49. The molecular formula is C21H23N3O4. The Hall–Kier alpha value is -3.35. The predicted octanol–water partition coefficient (Wildman–Crippen LogP) is 1.41. The van der Waals surface area contributed by atoms with Gasteiger partial charge in [-0.05, 0) is 24.3 Å². The monoisotopic (exact) mass is 381 g/mol. The molecule has 146 valence electrons. The Balaban J connectivity index is 1.50. The van der Waals surface area contributed by atoms with Crippen LogP contribution in [0, 0.1) is 0 Å². The normalized spacial score (nSPS) is 13.8. The van der Waals surface area contributed by atoms with Crippen molar-refractivity contribution in [2.45, 2.75) is 0 Å². The molecule has 0 unspecified atom stereocenters. The van der Waals surface area contributed by atoms with Crippen molar-refractivity contribution in [3.63, 3.8) is 0 Å². The molecule has 0 saturated carbocycles. The number of hydrogen-bond acceptors (Lipinski definition) is 4. The van der Waals surface area contributed by atoms with Gasteiger partial charge in [0.1, 0.15) is 5.75 Å². The first-order chi connectivity index (χ1) is 13.6. The average Bonchev–Trinajstić information content (AvgIpc) is 2.77. The number of hydrogen-bond donors (Lipinski definition) is 1. The van der Waals surface area contributed by atoms with Gasteiger partial charge in [-0.25, -0.2) is 0 Å². The molecule has 0 atom stereocenters. The molecule has 1 fully saturated rings. The molecule has 0 aromatic heterocycles. The van der Waals surface area contributed by atoms with Gasteiger partial charge in [-0.2, -0.15) is 0 Å². The number of nitrogens with zero attached hydrogens (tertiary/aromatic N) is 2. The molecule has 3 amide bonds. The van der Waals surface area contributed by atoms with Crippen LogP contribution in [-0.4, -0.2) is 67.4 Å². The number of amides is 3. The van der Waals surface area contributed by atoms with Gasteiger partial charge in [0.05, 0.1) is 19.2 Å². The highest BCUT2D eigenvalue weighted by Crippen LogP contribution is 2.20. The first-order valence-corrected chi connectivity index (χ1v) is 9.13. The minimum atomic E-state index is -0.279. The quantitative estimate of drug-likeness (QED) is 0.849. The van der Waals surface area contributed by atoms with Gasteiger partial charge in [0.15, 0.2) is 0 Å². The molecule has 2 aromatic carbocycles. The number of carbonyl (C=O) groups excluding carboxylic acids is 3. The Kier molecular flexibility index (Phi) is 6.26. The van der Waals surface area contributed by atoms with Gasteiger partial charge in [0.25, 0.3) is 11.8 Å². The maximum absolute atomic E-state index is 12.7. The number of piperazine rings is 1. The molecule has 1 heterocycles. The van der Waals surface area contributed by atoms with E-state index in [0.717, 1.165) is 0 Å². The lowest BCUT2D eigenvalue weighted by atomic mass is 10.1. The first-order valence-electron chi connectivity index (χ1n) is 9.13. The van der Waals surface area contributed by atoms with E-state index in [-0.39, 0.29) is 24.3 Å². The Morgan fingerprint density at radius 2 is 1.50 bits per heavy atom. The van der Waals surface area contributed by atoms with Crippen LogP contribution in [0.25, 0.3) is 0 Å². The summed E-state index contributed by atoms with van der Waals surface area (Å²) in [7, 11) is 1.53. The SMILES string of the molecule is COc1ccccc1C(=O)N1CCN(C(=O)CNC(=O)c2ccccc2)CC1. The van der Waals surface area contributed by atoms with E-state index in [1.165, 1.54) is 7.11 Å². The van der Waals surface area contributed by atoms with Crippen LogP contribution in [0.2, 0.25) is 0 Å². The summed E-state index contributed by atoms with van der Waals surface area (Å²) in [6.07, 6.45) is 0. The molecule has 1 aliphatic rings. The third-order valence-electron chi connectivity index (χ3n) is 4.69. The molecule has 28 heavy (non-hydrogen) atoms. The highest BCUT2D eigenvalue weighted by atomic mass is 16.5. The van der Waals surface area contributed by atoms with Crippen molar-refractivity contribution in [3.05, 3.63) is 65.7 Å². The van der Waals surface area contributed by atoms with Crippen LogP contribution in [0.3, 0.4) is 0 Å². The van der Waals surface area contributed by atoms with E-state index >= 15 is 0 Å². The number of nitrogens with one attached hydrogen (secondary N) is 1. The third-order valence-corrected chi connectivity index (χ3v) is 4.69. The maximum Gasteiger partial charge on any atom is 0.257 e. The second-order valence-corrected chi connectivity index (χ2v) is 6.42. The van der Waals surface area contributed by atoms with Crippen LogP contribution in [0.1, 0.15) is 20.7 Å². The molecule has 0 bridgehead atoms. The van der Waals surface area contributed by atoms with E-state index in [2.05, 4.69) is 5.32 Å². The summed E-state index contributed by atoms with van der Waals surface area (Å²) >= 11 is 0. The van der Waals surface area contributed by atoms with Crippen LogP contribution in [0.15, 0.2) is 54.6 Å². The van der Waals surface area contributed by atoms with E-state index < -0.39 is 0 Å². The zero-order chi connectivity index (χ0) is 19.9. The topological polar surface area (TPSA) is 79.0 Å². The summed E-state index contributed by atoms with van der Waals surface area (Å²) in [6.45, 7) is 1.68. The fraction of sp³-hybridized carbons (Fsp3) is 0.286. The summed E-state index contributed by atoms with van der Waals surface area (Å²) in [6, 6.07) is 15.9. The number of rotatable bonds is 5. The van der Waals surface area contributed by atoms with Crippen molar-refractivity contribution in [2.24, 2.45) is 0 Å². The number of carbonyl (C=O) groups is 3. The highest BCUT2D eigenvalue weighted by Gasteiger charge is 2.26. The van der Waals surface area contributed by atoms with Crippen molar-refractivity contribution < 1.29 is 19.1 Å². The van der Waals surface area contributed by atoms with E-state index in [0.29, 0.717) is 43.1 Å². The van der Waals surface area contributed by atoms with Gasteiger partial charge in [0, 0.05) is 31.7 Å². The first kappa shape index (κ1) is 19.4. The smallest absolute Gasteiger partial charge is 0.257 e. The number of ether oxygens (including phenoxy) is 1. The van der Waals surface area contributed by atoms with Crippen molar-refractivity contribution >= 4 is 17.7 Å². The standard InChI is InChI=1S/C21H23N3O4/c1-28-18-10-6-5-9-17(18)21(27)24-13-11-23(12-14-24)19(25)15-22-20(26)16-7-3-2-4-8-16/h2-10H,11-15H2,1H3,(H,22,26). The summed E-state index contributed by atoms with van der Waals surface area (Å²) in [4.78, 5) is 40.5.